The molecule has 6 heteroatoms. The Labute approximate surface area is 112 Å². The Morgan fingerprint density at radius 3 is 2.72 bits per heavy atom. The summed E-state index contributed by atoms with van der Waals surface area (Å²) in [6, 6.07) is 2.18. The second kappa shape index (κ2) is 5.32. The predicted octanol–water partition coefficient (Wildman–Crippen LogP) is 2.16. The first-order valence-electron chi connectivity index (χ1n) is 5.64. The lowest BCUT2D eigenvalue weighted by Crippen LogP contribution is -2.33. The molecule has 1 amide bonds. The normalized spacial score (nSPS) is 19.3. The molecule has 1 atom stereocenters. The van der Waals surface area contributed by atoms with Gasteiger partial charge in [-0.25, -0.2) is 8.78 Å². The van der Waals surface area contributed by atoms with Gasteiger partial charge in [-0.15, -0.1) is 0 Å². The van der Waals surface area contributed by atoms with Crippen LogP contribution >= 0.6 is 15.9 Å². The Balaban J connectivity index is 2.22. The van der Waals surface area contributed by atoms with Gasteiger partial charge in [-0.2, -0.15) is 0 Å². The van der Waals surface area contributed by atoms with E-state index < -0.39 is 11.6 Å². The van der Waals surface area contributed by atoms with Gasteiger partial charge in [-0.3, -0.25) is 4.79 Å². The van der Waals surface area contributed by atoms with Crippen LogP contribution < -0.4 is 5.32 Å². The fourth-order valence-corrected chi connectivity index (χ4v) is 2.52. The van der Waals surface area contributed by atoms with Crippen LogP contribution in [0.5, 0.6) is 0 Å². The van der Waals surface area contributed by atoms with E-state index in [0.717, 1.165) is 18.6 Å². The predicted molar refractivity (Wildman–Crippen MR) is 67.4 cm³/mol. The minimum absolute atomic E-state index is 0.158. The van der Waals surface area contributed by atoms with Crippen LogP contribution in [0.25, 0.3) is 0 Å². The number of hydrogen-bond acceptors (Lipinski definition) is 2. The van der Waals surface area contributed by atoms with E-state index >= 15 is 0 Å². The zero-order valence-corrected chi connectivity index (χ0v) is 11.4. The van der Waals surface area contributed by atoms with E-state index in [9.17, 15) is 13.6 Å². The molecular weight excluding hydrogens is 306 g/mol. The van der Waals surface area contributed by atoms with Gasteiger partial charge in [-0.1, -0.05) is 0 Å². The number of likely N-dealkylation sites (tertiary alicyclic amines) is 1. The Hall–Kier alpha value is -1.01. The van der Waals surface area contributed by atoms with Gasteiger partial charge in [0, 0.05) is 23.6 Å². The van der Waals surface area contributed by atoms with Crippen molar-refractivity contribution in [1.29, 1.82) is 0 Å². The standard InChI is InChI=1S/C12H13BrF2N2O/c1-16-7-2-3-17(6-7)12(18)8-4-10(14)11(15)5-9(8)13/h4-5,7,16H,2-3,6H2,1H3. The lowest BCUT2D eigenvalue weighted by atomic mass is 10.2. The van der Waals surface area contributed by atoms with E-state index in [2.05, 4.69) is 21.2 Å². The fourth-order valence-electron chi connectivity index (χ4n) is 2.04. The zero-order valence-electron chi connectivity index (χ0n) is 9.84. The van der Waals surface area contributed by atoms with Gasteiger partial charge in [0.05, 0.1) is 5.56 Å². The molecule has 1 N–H and O–H groups in total. The first-order chi connectivity index (χ1) is 8.52. The molecule has 0 saturated carbocycles. The highest BCUT2D eigenvalue weighted by atomic mass is 79.9. The molecule has 0 aliphatic carbocycles. The second-order valence-electron chi connectivity index (χ2n) is 4.27. The van der Waals surface area contributed by atoms with Crippen LogP contribution in [0.2, 0.25) is 0 Å². The minimum atomic E-state index is -1.01. The number of nitrogens with one attached hydrogen (secondary N) is 1. The average molecular weight is 319 g/mol. The molecule has 1 saturated heterocycles. The van der Waals surface area contributed by atoms with E-state index in [0.29, 0.717) is 13.1 Å². The maximum absolute atomic E-state index is 13.2. The SMILES string of the molecule is CNC1CCN(C(=O)c2cc(F)c(F)cc2Br)C1. The zero-order chi connectivity index (χ0) is 13.3. The molecule has 1 aliphatic heterocycles. The van der Waals surface area contributed by atoms with Gasteiger partial charge in [0.25, 0.3) is 5.91 Å². The number of benzene rings is 1. The van der Waals surface area contributed by atoms with Gasteiger partial charge in [-0.05, 0) is 41.5 Å². The maximum atomic E-state index is 13.2. The Bertz CT molecular complexity index is 481. The highest BCUT2D eigenvalue weighted by molar-refractivity contribution is 9.10. The summed E-state index contributed by atoms with van der Waals surface area (Å²) in [6.45, 7) is 1.20. The molecule has 2 rings (SSSR count). The van der Waals surface area contributed by atoms with Crippen LogP contribution in [-0.4, -0.2) is 37.0 Å². The first kappa shape index (κ1) is 13.4. The van der Waals surface area contributed by atoms with E-state index in [-0.39, 0.29) is 22.0 Å². The highest BCUT2D eigenvalue weighted by Gasteiger charge is 2.27. The third-order valence-corrected chi connectivity index (χ3v) is 3.78. The summed E-state index contributed by atoms with van der Waals surface area (Å²) in [7, 11) is 1.84. The molecule has 3 nitrogen and oxygen atoms in total. The Kier molecular flexibility index (Phi) is 3.97. The molecule has 0 radical (unpaired) electrons. The van der Waals surface area contributed by atoms with Crippen LogP contribution in [0.1, 0.15) is 16.8 Å². The molecule has 1 heterocycles. The van der Waals surface area contributed by atoms with Crippen molar-refractivity contribution in [3.8, 4) is 0 Å². The molecule has 1 aromatic rings. The van der Waals surface area contributed by atoms with Crippen LogP contribution in [0, 0.1) is 11.6 Å². The van der Waals surface area contributed by atoms with Crippen molar-refractivity contribution >= 4 is 21.8 Å². The number of rotatable bonds is 2. The molecule has 0 bridgehead atoms. The van der Waals surface area contributed by atoms with Crippen LogP contribution in [-0.2, 0) is 0 Å². The van der Waals surface area contributed by atoms with Crippen molar-refractivity contribution < 1.29 is 13.6 Å². The Morgan fingerprint density at radius 2 is 2.11 bits per heavy atom. The molecule has 98 valence electrons. The third kappa shape index (κ3) is 2.54. The molecular formula is C12H13BrF2N2O. The summed E-state index contributed by atoms with van der Waals surface area (Å²) in [4.78, 5) is 13.8. The minimum Gasteiger partial charge on any atom is -0.337 e. The van der Waals surface area contributed by atoms with Crippen molar-refractivity contribution in [2.75, 3.05) is 20.1 Å². The molecule has 1 unspecified atom stereocenters. The van der Waals surface area contributed by atoms with Crippen LogP contribution in [0.4, 0.5) is 8.78 Å². The monoisotopic (exact) mass is 318 g/mol. The van der Waals surface area contributed by atoms with Gasteiger partial charge < -0.3 is 10.2 Å². The summed E-state index contributed by atoms with van der Waals surface area (Å²) in [5.41, 5.74) is 0.158. The molecule has 18 heavy (non-hydrogen) atoms. The molecule has 1 fully saturated rings. The Morgan fingerprint density at radius 1 is 1.44 bits per heavy atom. The van der Waals surface area contributed by atoms with Gasteiger partial charge in [0.1, 0.15) is 0 Å². The van der Waals surface area contributed by atoms with Gasteiger partial charge in [0.15, 0.2) is 11.6 Å². The van der Waals surface area contributed by atoms with Gasteiger partial charge >= 0.3 is 0 Å². The summed E-state index contributed by atoms with van der Waals surface area (Å²) in [5.74, 6) is -2.25. The summed E-state index contributed by atoms with van der Waals surface area (Å²) in [5, 5.41) is 3.10. The van der Waals surface area contributed by atoms with Crippen LogP contribution in [0.3, 0.4) is 0 Å². The van der Waals surface area contributed by atoms with E-state index in [1.807, 2.05) is 7.05 Å². The van der Waals surface area contributed by atoms with Crippen molar-refractivity contribution in [2.45, 2.75) is 12.5 Å². The average Bonchev–Trinajstić information content (AvgIpc) is 2.81. The molecule has 0 spiro atoms. The number of hydrogen-bond donors (Lipinski definition) is 1. The van der Waals surface area contributed by atoms with Crippen molar-refractivity contribution in [1.82, 2.24) is 10.2 Å². The lowest BCUT2D eigenvalue weighted by molar-refractivity contribution is 0.0788. The smallest absolute Gasteiger partial charge is 0.255 e. The first-order valence-corrected chi connectivity index (χ1v) is 6.43. The van der Waals surface area contributed by atoms with Crippen LogP contribution in [0.15, 0.2) is 16.6 Å². The van der Waals surface area contributed by atoms with Gasteiger partial charge in [0.2, 0.25) is 0 Å². The fraction of sp³-hybridized carbons (Fsp3) is 0.417. The van der Waals surface area contributed by atoms with E-state index in [4.69, 9.17) is 0 Å². The molecule has 0 aromatic heterocycles. The van der Waals surface area contributed by atoms with E-state index in [1.165, 1.54) is 0 Å². The number of carbonyl (C=O) groups excluding carboxylic acids is 1. The quantitative estimate of drug-likeness (QED) is 0.848. The van der Waals surface area contributed by atoms with Crippen molar-refractivity contribution in [2.24, 2.45) is 0 Å². The second-order valence-corrected chi connectivity index (χ2v) is 5.13. The number of halogens is 3. The summed E-state index contributed by atoms with van der Waals surface area (Å²) in [6.07, 6.45) is 0.865. The van der Waals surface area contributed by atoms with E-state index in [1.54, 1.807) is 4.90 Å². The molecule has 1 aromatic carbocycles. The third-order valence-electron chi connectivity index (χ3n) is 3.12. The highest BCUT2D eigenvalue weighted by Crippen LogP contribution is 2.23. The number of nitrogens with zero attached hydrogens (tertiary/aromatic N) is 1. The molecule has 1 aliphatic rings. The summed E-state index contributed by atoms with van der Waals surface area (Å²) < 4.78 is 26.4. The number of likely N-dealkylation sites (N-methyl/N-ethyl adjacent to an activating group) is 1. The number of amides is 1. The van der Waals surface area contributed by atoms with Crippen molar-refractivity contribution in [3.05, 3.63) is 33.8 Å². The maximum Gasteiger partial charge on any atom is 0.255 e. The summed E-state index contributed by atoms with van der Waals surface area (Å²) >= 11 is 3.09. The topological polar surface area (TPSA) is 32.3 Å². The number of carbonyl (C=O) groups is 1. The largest absolute Gasteiger partial charge is 0.337 e. The lowest BCUT2D eigenvalue weighted by Gasteiger charge is -2.17. The van der Waals surface area contributed by atoms with Crippen molar-refractivity contribution in [3.63, 3.8) is 0 Å².